The molecule has 0 unspecified atom stereocenters. The lowest BCUT2D eigenvalue weighted by atomic mass is 10.2. The van der Waals surface area contributed by atoms with Gasteiger partial charge in [-0.15, -0.1) is 11.3 Å². The molecule has 15 heavy (non-hydrogen) atoms. The third kappa shape index (κ3) is 3.00. The molecule has 0 amide bonds. The molecule has 0 aliphatic carbocycles. The predicted octanol–water partition coefficient (Wildman–Crippen LogP) is 3.79. The molecule has 0 saturated heterocycles. The Balaban J connectivity index is 2.98. The van der Waals surface area contributed by atoms with Gasteiger partial charge in [0.1, 0.15) is 9.36 Å². The highest BCUT2D eigenvalue weighted by Gasteiger charge is 2.22. The standard InChI is InChI=1S/C9H10Cl2O3S/c1-4(2)3-14-6-5(10)8(11)15-7(6)9(12)13/h4H,3H2,1-2H3,(H,12,13). The number of rotatable bonds is 4. The first-order valence-corrected chi connectivity index (χ1v) is 5.84. The molecule has 6 heteroatoms. The first-order chi connectivity index (χ1) is 6.93. The maximum atomic E-state index is 10.8. The molecule has 0 aromatic carbocycles. The van der Waals surface area contributed by atoms with E-state index in [9.17, 15) is 4.79 Å². The van der Waals surface area contributed by atoms with Gasteiger partial charge < -0.3 is 9.84 Å². The lowest BCUT2D eigenvalue weighted by Crippen LogP contribution is -2.06. The van der Waals surface area contributed by atoms with Crippen LogP contribution in [0.25, 0.3) is 0 Å². The van der Waals surface area contributed by atoms with E-state index in [0.29, 0.717) is 12.5 Å². The van der Waals surface area contributed by atoms with E-state index in [0.717, 1.165) is 11.3 Å². The molecule has 3 nitrogen and oxygen atoms in total. The van der Waals surface area contributed by atoms with Crippen molar-refractivity contribution in [3.05, 3.63) is 14.2 Å². The Morgan fingerprint density at radius 2 is 2.13 bits per heavy atom. The van der Waals surface area contributed by atoms with Gasteiger partial charge in [-0.05, 0) is 5.92 Å². The molecule has 1 N–H and O–H groups in total. The molecule has 1 heterocycles. The molecule has 1 aromatic heterocycles. The Hall–Kier alpha value is -0.450. The van der Waals surface area contributed by atoms with Crippen LogP contribution in [-0.4, -0.2) is 17.7 Å². The van der Waals surface area contributed by atoms with E-state index in [1.54, 1.807) is 0 Å². The topological polar surface area (TPSA) is 46.5 Å². The summed E-state index contributed by atoms with van der Waals surface area (Å²) in [6, 6.07) is 0. The first-order valence-electron chi connectivity index (χ1n) is 4.27. The van der Waals surface area contributed by atoms with Crippen LogP contribution in [0.15, 0.2) is 0 Å². The minimum Gasteiger partial charge on any atom is -0.490 e. The predicted molar refractivity (Wildman–Crippen MR) is 61.6 cm³/mol. The summed E-state index contributed by atoms with van der Waals surface area (Å²) in [6.45, 7) is 4.33. The molecule has 0 spiro atoms. The van der Waals surface area contributed by atoms with Gasteiger partial charge in [0.2, 0.25) is 0 Å². The van der Waals surface area contributed by atoms with Crippen molar-refractivity contribution < 1.29 is 14.6 Å². The van der Waals surface area contributed by atoms with Gasteiger partial charge in [-0.2, -0.15) is 0 Å². The van der Waals surface area contributed by atoms with Gasteiger partial charge in [-0.25, -0.2) is 4.79 Å². The summed E-state index contributed by atoms with van der Waals surface area (Å²) in [6.07, 6.45) is 0. The van der Waals surface area contributed by atoms with E-state index in [4.69, 9.17) is 33.0 Å². The molecule has 1 aromatic rings. The van der Waals surface area contributed by atoms with Crippen molar-refractivity contribution in [2.45, 2.75) is 13.8 Å². The smallest absolute Gasteiger partial charge is 0.349 e. The lowest BCUT2D eigenvalue weighted by molar-refractivity contribution is 0.0697. The van der Waals surface area contributed by atoms with Crippen LogP contribution in [0.2, 0.25) is 9.36 Å². The van der Waals surface area contributed by atoms with Gasteiger partial charge in [0.25, 0.3) is 0 Å². The average molecular weight is 269 g/mol. The monoisotopic (exact) mass is 268 g/mol. The Morgan fingerprint density at radius 1 is 1.53 bits per heavy atom. The zero-order valence-electron chi connectivity index (χ0n) is 8.21. The van der Waals surface area contributed by atoms with Gasteiger partial charge in [0, 0.05) is 0 Å². The van der Waals surface area contributed by atoms with Crippen LogP contribution in [0, 0.1) is 5.92 Å². The van der Waals surface area contributed by atoms with Crippen LogP contribution < -0.4 is 4.74 Å². The number of hydrogen-bond acceptors (Lipinski definition) is 3. The Bertz CT molecular complexity index is 374. The fourth-order valence-corrected chi connectivity index (χ4v) is 2.23. The molecule has 0 fully saturated rings. The largest absolute Gasteiger partial charge is 0.490 e. The van der Waals surface area contributed by atoms with Crippen molar-refractivity contribution in [2.24, 2.45) is 5.92 Å². The minimum atomic E-state index is -1.08. The zero-order valence-corrected chi connectivity index (χ0v) is 10.5. The van der Waals surface area contributed by atoms with Crippen LogP contribution in [-0.2, 0) is 0 Å². The van der Waals surface area contributed by atoms with Gasteiger partial charge >= 0.3 is 5.97 Å². The van der Waals surface area contributed by atoms with Crippen LogP contribution >= 0.6 is 34.5 Å². The molecular weight excluding hydrogens is 259 g/mol. The van der Waals surface area contributed by atoms with E-state index < -0.39 is 5.97 Å². The third-order valence-electron chi connectivity index (χ3n) is 1.53. The van der Waals surface area contributed by atoms with Crippen molar-refractivity contribution in [1.29, 1.82) is 0 Å². The minimum absolute atomic E-state index is 0.0469. The summed E-state index contributed by atoms with van der Waals surface area (Å²) in [5.74, 6) is -0.609. The van der Waals surface area contributed by atoms with E-state index >= 15 is 0 Å². The van der Waals surface area contributed by atoms with Gasteiger partial charge in [-0.3, -0.25) is 0 Å². The van der Waals surface area contributed by atoms with Crippen LogP contribution in [0.3, 0.4) is 0 Å². The summed E-state index contributed by atoms with van der Waals surface area (Å²) in [5, 5.41) is 9.06. The Kier molecular flexibility index (Phi) is 4.25. The number of hydrogen-bond donors (Lipinski definition) is 1. The Labute approximate surface area is 102 Å². The molecular formula is C9H10Cl2O3S. The maximum absolute atomic E-state index is 10.8. The lowest BCUT2D eigenvalue weighted by Gasteiger charge is -2.08. The second-order valence-corrected chi connectivity index (χ2v) is 5.36. The molecule has 0 aliphatic heterocycles. The zero-order chi connectivity index (χ0) is 11.6. The van der Waals surface area contributed by atoms with Crippen LogP contribution in [0.5, 0.6) is 5.75 Å². The molecule has 84 valence electrons. The van der Waals surface area contributed by atoms with Crippen molar-refractivity contribution in [3.63, 3.8) is 0 Å². The van der Waals surface area contributed by atoms with E-state index in [1.165, 1.54) is 0 Å². The second kappa shape index (κ2) is 5.05. The van der Waals surface area contributed by atoms with E-state index in [-0.39, 0.29) is 20.0 Å². The second-order valence-electron chi connectivity index (χ2n) is 3.36. The molecule has 0 saturated carbocycles. The number of carboxylic acids is 1. The number of ether oxygens (including phenoxy) is 1. The van der Waals surface area contributed by atoms with Crippen molar-refractivity contribution in [3.8, 4) is 5.75 Å². The van der Waals surface area contributed by atoms with Crippen LogP contribution in [0.4, 0.5) is 0 Å². The first kappa shape index (κ1) is 12.6. The number of thiophene rings is 1. The number of aromatic carboxylic acids is 1. The number of carbonyl (C=O) groups is 1. The molecule has 0 aliphatic rings. The summed E-state index contributed by atoms with van der Waals surface area (Å²) in [4.78, 5) is 10.9. The van der Waals surface area contributed by atoms with E-state index in [1.807, 2.05) is 13.8 Å². The Morgan fingerprint density at radius 3 is 2.60 bits per heavy atom. The van der Waals surface area contributed by atoms with Gasteiger partial charge in [-0.1, -0.05) is 37.0 Å². The molecule has 0 atom stereocenters. The number of halogens is 2. The quantitative estimate of drug-likeness (QED) is 0.904. The molecule has 0 bridgehead atoms. The third-order valence-corrected chi connectivity index (χ3v) is 3.46. The van der Waals surface area contributed by atoms with Gasteiger partial charge in [0.05, 0.1) is 6.61 Å². The summed E-state index contributed by atoms with van der Waals surface area (Å²) in [5.41, 5.74) is 0. The highest BCUT2D eigenvalue weighted by molar-refractivity contribution is 7.19. The maximum Gasteiger partial charge on any atom is 0.349 e. The highest BCUT2D eigenvalue weighted by Crippen LogP contribution is 2.42. The van der Waals surface area contributed by atoms with Gasteiger partial charge in [0.15, 0.2) is 10.6 Å². The summed E-state index contributed by atoms with van der Waals surface area (Å²) >= 11 is 12.5. The van der Waals surface area contributed by atoms with Crippen molar-refractivity contribution in [1.82, 2.24) is 0 Å². The summed E-state index contributed by atoms with van der Waals surface area (Å²) < 4.78 is 5.57. The molecule has 1 rings (SSSR count). The normalized spacial score (nSPS) is 10.7. The van der Waals surface area contributed by atoms with Crippen molar-refractivity contribution in [2.75, 3.05) is 6.61 Å². The molecule has 0 radical (unpaired) electrons. The van der Waals surface area contributed by atoms with Crippen LogP contribution in [0.1, 0.15) is 23.5 Å². The fourth-order valence-electron chi connectivity index (χ4n) is 0.889. The number of carboxylic acid groups (broad SMARTS) is 1. The fraction of sp³-hybridized carbons (Fsp3) is 0.444. The van der Waals surface area contributed by atoms with Crippen molar-refractivity contribution >= 4 is 40.5 Å². The summed E-state index contributed by atoms with van der Waals surface area (Å²) in [7, 11) is 0. The SMILES string of the molecule is CC(C)COc1c(C(=O)O)sc(Cl)c1Cl. The highest BCUT2D eigenvalue weighted by atomic mass is 35.5. The average Bonchev–Trinajstić information content (AvgIpc) is 2.41. The van der Waals surface area contributed by atoms with E-state index in [2.05, 4.69) is 0 Å².